The molecule has 0 spiro atoms. The molecule has 2 rings (SSSR count). The Hall–Kier alpha value is -1.49. The third-order valence-electron chi connectivity index (χ3n) is 3.08. The van der Waals surface area contributed by atoms with Gasteiger partial charge in [0.05, 0.1) is 4.88 Å². The monoisotopic (exact) mass is 289 g/mol. The summed E-state index contributed by atoms with van der Waals surface area (Å²) < 4.78 is 0. The number of carbonyl (C=O) groups is 1. The van der Waals surface area contributed by atoms with Crippen LogP contribution in [0.3, 0.4) is 0 Å². The second-order valence-electron chi connectivity index (χ2n) is 5.10. The third kappa shape index (κ3) is 3.33. The molecule has 1 heterocycles. The standard InChI is InChI=1S/C16H19NO2S/c1-11(18)14-8-9-15(20-14)16(19)13-7-5-4-6-12(13)10-17(2)3/h4-9,16,19H,10H2,1-3H3. The Bertz CT molecular complexity index is 604. The predicted octanol–water partition coefficient (Wildman–Crippen LogP) is 3.09. The van der Waals surface area contributed by atoms with Crippen LogP contribution in [0.5, 0.6) is 0 Å². The molecule has 0 amide bonds. The maximum Gasteiger partial charge on any atom is 0.169 e. The fourth-order valence-electron chi connectivity index (χ4n) is 2.13. The van der Waals surface area contributed by atoms with Gasteiger partial charge in [-0.05, 0) is 44.3 Å². The SMILES string of the molecule is CC(=O)c1ccc(C(O)c2ccccc2CN(C)C)s1. The first-order valence-electron chi connectivity index (χ1n) is 6.50. The van der Waals surface area contributed by atoms with Crippen molar-refractivity contribution < 1.29 is 9.90 Å². The van der Waals surface area contributed by atoms with Crippen molar-refractivity contribution >= 4 is 17.1 Å². The van der Waals surface area contributed by atoms with Gasteiger partial charge in [-0.3, -0.25) is 4.79 Å². The molecule has 1 N–H and O–H groups in total. The number of benzene rings is 1. The van der Waals surface area contributed by atoms with E-state index in [1.54, 1.807) is 13.0 Å². The van der Waals surface area contributed by atoms with Crippen LogP contribution in [0.4, 0.5) is 0 Å². The van der Waals surface area contributed by atoms with E-state index in [1.165, 1.54) is 11.3 Å². The van der Waals surface area contributed by atoms with Gasteiger partial charge in [-0.2, -0.15) is 0 Å². The average Bonchev–Trinajstić information content (AvgIpc) is 2.87. The topological polar surface area (TPSA) is 40.5 Å². The predicted molar refractivity (Wildman–Crippen MR) is 82.2 cm³/mol. The highest BCUT2D eigenvalue weighted by Gasteiger charge is 2.17. The summed E-state index contributed by atoms with van der Waals surface area (Å²) in [6, 6.07) is 11.5. The van der Waals surface area contributed by atoms with E-state index in [-0.39, 0.29) is 5.78 Å². The molecular formula is C16H19NO2S. The molecule has 0 aliphatic rings. The van der Waals surface area contributed by atoms with Crippen LogP contribution in [0.1, 0.15) is 38.7 Å². The Balaban J connectivity index is 2.32. The van der Waals surface area contributed by atoms with E-state index in [0.717, 1.165) is 22.5 Å². The first kappa shape index (κ1) is 14.9. The number of rotatable bonds is 5. The number of thiophene rings is 1. The summed E-state index contributed by atoms with van der Waals surface area (Å²) in [5.41, 5.74) is 2.00. The average molecular weight is 289 g/mol. The summed E-state index contributed by atoms with van der Waals surface area (Å²) in [6.07, 6.45) is -0.677. The molecule has 2 aromatic rings. The molecule has 1 atom stereocenters. The minimum Gasteiger partial charge on any atom is -0.383 e. The minimum atomic E-state index is -0.677. The summed E-state index contributed by atoms with van der Waals surface area (Å²) >= 11 is 1.36. The molecule has 1 aromatic carbocycles. The van der Waals surface area contributed by atoms with Crippen LogP contribution in [0, 0.1) is 0 Å². The van der Waals surface area contributed by atoms with Crippen LogP contribution < -0.4 is 0 Å². The molecule has 1 unspecified atom stereocenters. The van der Waals surface area contributed by atoms with E-state index < -0.39 is 6.10 Å². The fraction of sp³-hybridized carbons (Fsp3) is 0.312. The van der Waals surface area contributed by atoms with Gasteiger partial charge in [-0.15, -0.1) is 11.3 Å². The number of hydrogen-bond donors (Lipinski definition) is 1. The summed E-state index contributed by atoms with van der Waals surface area (Å²) in [4.78, 5) is 14.9. The highest BCUT2D eigenvalue weighted by Crippen LogP contribution is 2.30. The van der Waals surface area contributed by atoms with Crippen molar-refractivity contribution in [2.75, 3.05) is 14.1 Å². The molecule has 0 radical (unpaired) electrons. The van der Waals surface area contributed by atoms with Crippen molar-refractivity contribution in [3.8, 4) is 0 Å². The minimum absolute atomic E-state index is 0.0371. The normalized spacial score (nSPS) is 12.7. The molecule has 106 valence electrons. The van der Waals surface area contributed by atoms with Crippen LogP contribution in [0.15, 0.2) is 36.4 Å². The van der Waals surface area contributed by atoms with E-state index in [9.17, 15) is 9.90 Å². The Morgan fingerprint density at radius 1 is 1.25 bits per heavy atom. The van der Waals surface area contributed by atoms with E-state index in [0.29, 0.717) is 4.88 Å². The van der Waals surface area contributed by atoms with Crippen molar-refractivity contribution in [2.45, 2.75) is 19.6 Å². The highest BCUT2D eigenvalue weighted by molar-refractivity contribution is 7.14. The zero-order valence-electron chi connectivity index (χ0n) is 12.0. The number of ketones is 1. The summed E-state index contributed by atoms with van der Waals surface area (Å²) in [6.45, 7) is 2.32. The van der Waals surface area contributed by atoms with Crippen LogP contribution in [-0.4, -0.2) is 29.9 Å². The number of hydrogen-bond acceptors (Lipinski definition) is 4. The molecule has 0 aliphatic carbocycles. The second-order valence-corrected chi connectivity index (χ2v) is 6.21. The van der Waals surface area contributed by atoms with Crippen molar-refractivity contribution in [2.24, 2.45) is 0 Å². The van der Waals surface area contributed by atoms with Gasteiger partial charge in [0, 0.05) is 11.4 Å². The number of nitrogens with zero attached hydrogens (tertiary/aromatic N) is 1. The maximum absolute atomic E-state index is 11.4. The van der Waals surface area contributed by atoms with Gasteiger partial charge < -0.3 is 10.0 Å². The van der Waals surface area contributed by atoms with E-state index in [2.05, 4.69) is 4.90 Å². The zero-order valence-corrected chi connectivity index (χ0v) is 12.8. The Morgan fingerprint density at radius 2 is 1.95 bits per heavy atom. The molecule has 1 aromatic heterocycles. The summed E-state index contributed by atoms with van der Waals surface area (Å²) in [5, 5.41) is 10.6. The Kier molecular flexibility index (Phi) is 4.70. The third-order valence-corrected chi connectivity index (χ3v) is 4.32. The van der Waals surface area contributed by atoms with Crippen LogP contribution in [-0.2, 0) is 6.54 Å². The van der Waals surface area contributed by atoms with E-state index in [1.807, 2.05) is 44.4 Å². The lowest BCUT2D eigenvalue weighted by Gasteiger charge is -2.17. The Labute approximate surface area is 123 Å². The van der Waals surface area contributed by atoms with Crippen molar-refractivity contribution in [3.63, 3.8) is 0 Å². The van der Waals surface area contributed by atoms with Gasteiger partial charge in [0.25, 0.3) is 0 Å². The zero-order chi connectivity index (χ0) is 14.7. The number of aliphatic hydroxyl groups excluding tert-OH is 1. The molecule has 4 heteroatoms. The van der Waals surface area contributed by atoms with Crippen LogP contribution in [0.2, 0.25) is 0 Å². The van der Waals surface area contributed by atoms with Gasteiger partial charge in [0.2, 0.25) is 0 Å². The lowest BCUT2D eigenvalue weighted by molar-refractivity contribution is 0.102. The molecule has 20 heavy (non-hydrogen) atoms. The number of carbonyl (C=O) groups excluding carboxylic acids is 1. The van der Waals surface area contributed by atoms with Crippen molar-refractivity contribution in [1.82, 2.24) is 4.90 Å². The van der Waals surface area contributed by atoms with Gasteiger partial charge >= 0.3 is 0 Å². The lowest BCUT2D eigenvalue weighted by Crippen LogP contribution is -2.13. The molecule has 0 saturated carbocycles. The van der Waals surface area contributed by atoms with Crippen molar-refractivity contribution in [1.29, 1.82) is 0 Å². The lowest BCUT2D eigenvalue weighted by atomic mass is 10.0. The quantitative estimate of drug-likeness (QED) is 0.860. The van der Waals surface area contributed by atoms with Gasteiger partial charge in [-0.25, -0.2) is 0 Å². The van der Waals surface area contributed by atoms with Crippen LogP contribution in [0.25, 0.3) is 0 Å². The first-order chi connectivity index (χ1) is 9.49. The smallest absolute Gasteiger partial charge is 0.169 e. The molecule has 0 bridgehead atoms. The van der Waals surface area contributed by atoms with Gasteiger partial charge in [0.15, 0.2) is 5.78 Å². The van der Waals surface area contributed by atoms with Gasteiger partial charge in [0.1, 0.15) is 6.10 Å². The highest BCUT2D eigenvalue weighted by atomic mass is 32.1. The number of Topliss-reactive ketones (excluding diaryl/α,β-unsaturated/α-hetero) is 1. The van der Waals surface area contributed by atoms with Crippen LogP contribution >= 0.6 is 11.3 Å². The van der Waals surface area contributed by atoms with Crippen molar-refractivity contribution in [3.05, 3.63) is 57.3 Å². The summed E-state index contributed by atoms with van der Waals surface area (Å²) in [7, 11) is 4.00. The molecule has 0 fully saturated rings. The van der Waals surface area contributed by atoms with E-state index >= 15 is 0 Å². The molecule has 0 saturated heterocycles. The Morgan fingerprint density at radius 3 is 2.55 bits per heavy atom. The fourth-order valence-corrected chi connectivity index (χ4v) is 3.04. The maximum atomic E-state index is 11.4. The molecule has 0 aliphatic heterocycles. The first-order valence-corrected chi connectivity index (χ1v) is 7.32. The van der Waals surface area contributed by atoms with Gasteiger partial charge in [-0.1, -0.05) is 24.3 Å². The van der Waals surface area contributed by atoms with E-state index in [4.69, 9.17) is 0 Å². The molecule has 3 nitrogen and oxygen atoms in total. The summed E-state index contributed by atoms with van der Waals surface area (Å²) in [5.74, 6) is 0.0371. The largest absolute Gasteiger partial charge is 0.383 e. The number of aliphatic hydroxyl groups is 1. The molecular weight excluding hydrogens is 270 g/mol. The second kappa shape index (κ2) is 6.31.